The summed E-state index contributed by atoms with van der Waals surface area (Å²) >= 11 is 0.862. The van der Waals surface area contributed by atoms with E-state index in [-0.39, 0.29) is 23.5 Å². The van der Waals surface area contributed by atoms with Gasteiger partial charge in [0.25, 0.3) is 11.1 Å². The first-order valence-corrected chi connectivity index (χ1v) is 7.17. The number of carbonyl (C=O) groups is 2. The van der Waals surface area contributed by atoms with Crippen molar-refractivity contribution in [1.82, 2.24) is 25.1 Å². The van der Waals surface area contributed by atoms with Crippen molar-refractivity contribution in [1.29, 1.82) is 0 Å². The van der Waals surface area contributed by atoms with Crippen molar-refractivity contribution in [3.8, 4) is 0 Å². The standard InChI is InChI=1S/C13H10FN5O2S/c14-10-3-1-9(2-4-10)7-11-12(20)19(13(21)22-11)6-5-18-8-15-16-17-18/h1-4,7-8H,5-6H2/b11-7-. The minimum atomic E-state index is -0.368. The van der Waals surface area contributed by atoms with Gasteiger partial charge in [-0.15, -0.1) is 5.10 Å². The lowest BCUT2D eigenvalue weighted by Crippen LogP contribution is -2.31. The molecule has 3 rings (SSSR count). The van der Waals surface area contributed by atoms with Gasteiger partial charge in [-0.1, -0.05) is 12.1 Å². The zero-order chi connectivity index (χ0) is 15.5. The number of aromatic nitrogens is 4. The van der Waals surface area contributed by atoms with Gasteiger partial charge in [0.1, 0.15) is 12.1 Å². The van der Waals surface area contributed by atoms with E-state index in [9.17, 15) is 14.0 Å². The molecule has 0 unspecified atom stereocenters. The minimum Gasteiger partial charge on any atom is -0.268 e. The maximum Gasteiger partial charge on any atom is 0.293 e. The van der Waals surface area contributed by atoms with Crippen LogP contribution in [0, 0.1) is 5.82 Å². The van der Waals surface area contributed by atoms with Crippen molar-refractivity contribution in [3.05, 3.63) is 46.9 Å². The van der Waals surface area contributed by atoms with Gasteiger partial charge in [-0.3, -0.25) is 14.5 Å². The first kappa shape index (κ1) is 14.4. The lowest BCUT2D eigenvalue weighted by molar-refractivity contribution is -0.122. The molecule has 1 aliphatic heterocycles. The van der Waals surface area contributed by atoms with Gasteiger partial charge in [0.05, 0.1) is 11.4 Å². The van der Waals surface area contributed by atoms with Gasteiger partial charge >= 0.3 is 0 Å². The van der Waals surface area contributed by atoms with Crippen molar-refractivity contribution in [2.24, 2.45) is 0 Å². The molecule has 0 saturated carbocycles. The van der Waals surface area contributed by atoms with Crippen LogP contribution in [-0.4, -0.2) is 42.8 Å². The molecule has 9 heteroatoms. The maximum atomic E-state index is 12.9. The fraction of sp³-hybridized carbons (Fsp3) is 0.154. The van der Waals surface area contributed by atoms with Crippen LogP contribution >= 0.6 is 11.8 Å². The van der Waals surface area contributed by atoms with Crippen molar-refractivity contribution >= 4 is 29.0 Å². The molecular formula is C13H10FN5O2S. The smallest absolute Gasteiger partial charge is 0.268 e. The Kier molecular flexibility index (Phi) is 3.96. The van der Waals surface area contributed by atoms with Crippen LogP contribution in [0.5, 0.6) is 0 Å². The monoisotopic (exact) mass is 319 g/mol. The molecule has 2 heterocycles. The van der Waals surface area contributed by atoms with Crippen LogP contribution in [0.2, 0.25) is 0 Å². The van der Waals surface area contributed by atoms with Crippen LogP contribution in [0.25, 0.3) is 6.08 Å². The van der Waals surface area contributed by atoms with Crippen LogP contribution in [0.3, 0.4) is 0 Å². The summed E-state index contributed by atoms with van der Waals surface area (Å²) < 4.78 is 14.3. The molecule has 7 nitrogen and oxygen atoms in total. The Labute approximate surface area is 128 Å². The predicted molar refractivity (Wildman–Crippen MR) is 76.9 cm³/mol. The summed E-state index contributed by atoms with van der Waals surface area (Å²) in [5, 5.41) is 10.3. The average molecular weight is 319 g/mol. The van der Waals surface area contributed by atoms with E-state index >= 15 is 0 Å². The number of benzene rings is 1. The zero-order valence-corrected chi connectivity index (χ0v) is 12.0. The molecule has 0 atom stereocenters. The molecule has 1 saturated heterocycles. The van der Waals surface area contributed by atoms with Crippen LogP contribution < -0.4 is 0 Å². The number of amides is 2. The van der Waals surface area contributed by atoms with E-state index < -0.39 is 0 Å². The molecular weight excluding hydrogens is 309 g/mol. The molecule has 0 N–H and O–H groups in total. The molecule has 0 aliphatic carbocycles. The van der Waals surface area contributed by atoms with E-state index in [2.05, 4.69) is 15.5 Å². The van der Waals surface area contributed by atoms with Crippen LogP contribution in [0.1, 0.15) is 5.56 Å². The third-order valence-corrected chi connectivity index (χ3v) is 3.89. The Bertz CT molecular complexity index is 729. The van der Waals surface area contributed by atoms with Crippen LogP contribution in [0.4, 0.5) is 9.18 Å². The van der Waals surface area contributed by atoms with E-state index in [1.807, 2.05) is 0 Å². The third kappa shape index (κ3) is 3.03. The van der Waals surface area contributed by atoms with Gasteiger partial charge in [-0.25, -0.2) is 9.07 Å². The second-order valence-corrected chi connectivity index (χ2v) is 5.45. The highest BCUT2D eigenvalue weighted by molar-refractivity contribution is 8.18. The Morgan fingerprint density at radius 2 is 1.95 bits per heavy atom. The highest BCUT2D eigenvalue weighted by Gasteiger charge is 2.34. The van der Waals surface area contributed by atoms with Gasteiger partial charge in [0.15, 0.2) is 0 Å². The van der Waals surface area contributed by atoms with Gasteiger partial charge in [-0.2, -0.15) is 0 Å². The van der Waals surface area contributed by atoms with Crippen molar-refractivity contribution in [3.63, 3.8) is 0 Å². The quantitative estimate of drug-likeness (QED) is 0.795. The molecule has 1 aromatic carbocycles. The lowest BCUT2D eigenvalue weighted by atomic mass is 10.2. The van der Waals surface area contributed by atoms with Crippen molar-refractivity contribution in [2.45, 2.75) is 6.54 Å². The fourth-order valence-electron chi connectivity index (χ4n) is 1.89. The number of halogens is 1. The number of rotatable bonds is 4. The summed E-state index contributed by atoms with van der Waals surface area (Å²) in [5.41, 5.74) is 0.660. The molecule has 22 heavy (non-hydrogen) atoms. The summed E-state index contributed by atoms with van der Waals surface area (Å²) in [6.07, 6.45) is 2.98. The topological polar surface area (TPSA) is 81.0 Å². The van der Waals surface area contributed by atoms with Crippen molar-refractivity contribution < 1.29 is 14.0 Å². The van der Waals surface area contributed by atoms with E-state index in [4.69, 9.17) is 0 Å². The third-order valence-electron chi connectivity index (χ3n) is 2.99. The summed E-state index contributed by atoms with van der Waals surface area (Å²) in [7, 11) is 0. The highest BCUT2D eigenvalue weighted by Crippen LogP contribution is 2.32. The molecule has 1 aliphatic rings. The SMILES string of the molecule is O=C1S/C(=C\c2ccc(F)cc2)C(=O)N1CCn1cnnn1. The average Bonchev–Trinajstić information content (AvgIpc) is 3.10. The van der Waals surface area contributed by atoms with E-state index in [0.29, 0.717) is 17.0 Å². The Balaban J connectivity index is 1.72. The second kappa shape index (κ2) is 6.06. The summed E-state index contributed by atoms with van der Waals surface area (Å²) in [4.78, 5) is 25.6. The van der Waals surface area contributed by atoms with Crippen LogP contribution in [-0.2, 0) is 11.3 Å². The fourth-order valence-corrected chi connectivity index (χ4v) is 2.75. The second-order valence-electron chi connectivity index (χ2n) is 4.46. The number of nitrogens with zero attached hydrogens (tertiary/aromatic N) is 5. The lowest BCUT2D eigenvalue weighted by Gasteiger charge is -2.11. The van der Waals surface area contributed by atoms with E-state index in [1.54, 1.807) is 18.2 Å². The van der Waals surface area contributed by atoms with Crippen molar-refractivity contribution in [2.75, 3.05) is 6.54 Å². The molecule has 0 radical (unpaired) electrons. The number of tetrazole rings is 1. The van der Waals surface area contributed by atoms with Gasteiger partial charge in [-0.05, 0) is 46.0 Å². The zero-order valence-electron chi connectivity index (χ0n) is 11.2. The molecule has 112 valence electrons. The normalized spacial score (nSPS) is 16.8. The molecule has 0 spiro atoms. The summed E-state index contributed by atoms with van der Waals surface area (Å²) in [5.74, 6) is -0.723. The molecule has 2 aromatic rings. The predicted octanol–water partition coefficient (Wildman–Crippen LogP) is 1.55. The van der Waals surface area contributed by atoms with Crippen LogP contribution in [0.15, 0.2) is 35.5 Å². The highest BCUT2D eigenvalue weighted by atomic mass is 32.2. The number of carbonyl (C=O) groups excluding carboxylic acids is 2. The Hall–Kier alpha value is -2.55. The number of hydrogen-bond donors (Lipinski definition) is 0. The number of imide groups is 1. The molecule has 0 bridgehead atoms. The molecule has 2 amide bonds. The number of thioether (sulfide) groups is 1. The minimum absolute atomic E-state index is 0.191. The number of hydrogen-bond acceptors (Lipinski definition) is 6. The van der Waals surface area contributed by atoms with Gasteiger partial charge in [0, 0.05) is 6.54 Å². The Morgan fingerprint density at radius 3 is 2.64 bits per heavy atom. The first-order valence-electron chi connectivity index (χ1n) is 6.35. The summed E-state index contributed by atoms with van der Waals surface area (Å²) in [6, 6.07) is 5.69. The summed E-state index contributed by atoms with van der Waals surface area (Å²) in [6.45, 7) is 0.519. The molecule has 1 fully saturated rings. The van der Waals surface area contributed by atoms with E-state index in [0.717, 1.165) is 16.7 Å². The molecule has 1 aromatic heterocycles. The van der Waals surface area contributed by atoms with E-state index in [1.165, 1.54) is 23.1 Å². The largest absolute Gasteiger partial charge is 0.293 e. The van der Waals surface area contributed by atoms with Gasteiger partial charge < -0.3 is 0 Å². The maximum absolute atomic E-state index is 12.9. The first-order chi connectivity index (χ1) is 10.6. The van der Waals surface area contributed by atoms with Gasteiger partial charge in [0.2, 0.25) is 0 Å². The Morgan fingerprint density at radius 1 is 1.18 bits per heavy atom.